The summed E-state index contributed by atoms with van der Waals surface area (Å²) < 4.78 is 10.8. The Morgan fingerprint density at radius 2 is 1.93 bits per heavy atom. The molecule has 8 heteroatoms. The van der Waals surface area contributed by atoms with Gasteiger partial charge < -0.3 is 25.0 Å². The second-order valence-electron chi connectivity index (χ2n) is 7.93. The van der Waals surface area contributed by atoms with Gasteiger partial charge in [0.1, 0.15) is 11.5 Å². The third kappa shape index (κ3) is 6.16. The fraction of sp³-hybridized carbons (Fsp3) is 0.500. The molecule has 1 aromatic carbocycles. The van der Waals surface area contributed by atoms with Crippen LogP contribution in [0.15, 0.2) is 40.7 Å². The Kier molecular flexibility index (Phi) is 9.09. The molecule has 2 heterocycles. The van der Waals surface area contributed by atoms with Crippen molar-refractivity contribution in [2.75, 3.05) is 45.8 Å². The predicted octanol–water partition coefficient (Wildman–Crippen LogP) is 4.10. The van der Waals surface area contributed by atoms with E-state index >= 15 is 0 Å². The number of nitrogens with one attached hydrogen (secondary N) is 2. The number of anilines is 1. The van der Waals surface area contributed by atoms with Gasteiger partial charge in [-0.2, -0.15) is 0 Å². The highest BCUT2D eigenvalue weighted by Crippen LogP contribution is 2.30. The fourth-order valence-corrected chi connectivity index (χ4v) is 4.38. The summed E-state index contributed by atoms with van der Waals surface area (Å²) in [4.78, 5) is 8.16. The van der Waals surface area contributed by atoms with Gasteiger partial charge >= 0.3 is 0 Å². The van der Waals surface area contributed by atoms with Gasteiger partial charge in [0, 0.05) is 66.9 Å². The van der Waals surface area contributed by atoms with Crippen LogP contribution in [0.1, 0.15) is 25.1 Å². The van der Waals surface area contributed by atoms with Crippen molar-refractivity contribution < 1.29 is 9.47 Å². The van der Waals surface area contributed by atoms with Crippen molar-refractivity contribution in [3.63, 3.8) is 0 Å². The molecular weight excluding hydrogens is 511 g/mol. The molecule has 1 aromatic heterocycles. The zero-order chi connectivity index (χ0) is 20.9. The van der Waals surface area contributed by atoms with Crippen molar-refractivity contribution in [3.8, 4) is 11.5 Å². The topological polar surface area (TPSA) is 58.1 Å². The van der Waals surface area contributed by atoms with Crippen LogP contribution in [-0.2, 0) is 5.41 Å². The molecule has 6 nitrogen and oxygen atoms in total. The van der Waals surface area contributed by atoms with Crippen LogP contribution in [0.2, 0.25) is 0 Å². The number of thiophene rings is 1. The summed E-state index contributed by atoms with van der Waals surface area (Å²) in [6, 6.07) is 10.7. The molecule has 0 bridgehead atoms. The van der Waals surface area contributed by atoms with E-state index in [9.17, 15) is 0 Å². The first kappa shape index (κ1) is 24.6. The van der Waals surface area contributed by atoms with E-state index in [-0.39, 0.29) is 29.4 Å². The standard InChI is InChI=1S/C22H32N4O2S.HI/c1-22(2,20-7-6-10-29-20)15-24-21(23-3)25-16-8-9-26(14-16)17-11-18(27-4)13-19(12-17)28-5;/h6-7,10-13,16H,8-9,14-15H2,1-5H3,(H2,23,24,25);1H. The molecule has 1 aliphatic rings. The maximum absolute atomic E-state index is 5.41. The largest absolute Gasteiger partial charge is 0.497 e. The SMILES string of the molecule is CN=C(NCC(C)(C)c1cccs1)NC1CCN(c2cc(OC)cc(OC)c2)C1.I. The summed E-state index contributed by atoms with van der Waals surface area (Å²) in [5.41, 5.74) is 1.18. The number of ether oxygens (including phenoxy) is 2. The molecule has 1 unspecified atom stereocenters. The van der Waals surface area contributed by atoms with Crippen LogP contribution in [0, 0.1) is 0 Å². The summed E-state index contributed by atoms with van der Waals surface area (Å²) in [6.07, 6.45) is 1.05. The van der Waals surface area contributed by atoms with E-state index in [1.807, 2.05) is 13.1 Å². The molecule has 0 amide bonds. The van der Waals surface area contributed by atoms with Crippen molar-refractivity contribution in [3.05, 3.63) is 40.6 Å². The van der Waals surface area contributed by atoms with Crippen molar-refractivity contribution in [1.29, 1.82) is 0 Å². The smallest absolute Gasteiger partial charge is 0.191 e. The van der Waals surface area contributed by atoms with E-state index in [0.717, 1.165) is 49.2 Å². The first-order valence-electron chi connectivity index (χ1n) is 9.94. The van der Waals surface area contributed by atoms with Gasteiger partial charge in [-0.05, 0) is 17.9 Å². The monoisotopic (exact) mass is 544 g/mol. The van der Waals surface area contributed by atoms with Crippen LogP contribution < -0.4 is 25.0 Å². The number of hydrogen-bond acceptors (Lipinski definition) is 5. The predicted molar refractivity (Wildman–Crippen MR) is 137 cm³/mol. The van der Waals surface area contributed by atoms with Crippen LogP contribution in [0.4, 0.5) is 5.69 Å². The van der Waals surface area contributed by atoms with Crippen molar-refractivity contribution in [1.82, 2.24) is 10.6 Å². The molecule has 1 fully saturated rings. The Morgan fingerprint density at radius 3 is 2.50 bits per heavy atom. The molecule has 3 rings (SSSR count). The highest BCUT2D eigenvalue weighted by atomic mass is 127. The van der Waals surface area contributed by atoms with Crippen molar-refractivity contribution in [2.24, 2.45) is 4.99 Å². The molecule has 1 atom stereocenters. The minimum absolute atomic E-state index is 0. The van der Waals surface area contributed by atoms with Gasteiger partial charge in [0.25, 0.3) is 0 Å². The van der Waals surface area contributed by atoms with Crippen LogP contribution in [0.5, 0.6) is 11.5 Å². The molecule has 2 N–H and O–H groups in total. The van der Waals surface area contributed by atoms with Gasteiger partial charge in [-0.3, -0.25) is 4.99 Å². The van der Waals surface area contributed by atoms with E-state index < -0.39 is 0 Å². The molecule has 2 aromatic rings. The van der Waals surface area contributed by atoms with Crippen molar-refractivity contribution in [2.45, 2.75) is 31.7 Å². The fourth-order valence-electron chi connectivity index (χ4n) is 3.53. The van der Waals surface area contributed by atoms with Crippen LogP contribution in [-0.4, -0.2) is 52.9 Å². The lowest BCUT2D eigenvalue weighted by atomic mass is 9.91. The summed E-state index contributed by atoms with van der Waals surface area (Å²) in [5.74, 6) is 2.47. The molecule has 0 spiro atoms. The summed E-state index contributed by atoms with van der Waals surface area (Å²) in [7, 11) is 5.19. The average molecular weight is 545 g/mol. The van der Waals surface area contributed by atoms with Gasteiger partial charge in [-0.25, -0.2) is 0 Å². The number of nitrogens with zero attached hydrogens (tertiary/aromatic N) is 2. The molecule has 166 valence electrons. The minimum atomic E-state index is 0. The third-order valence-electron chi connectivity index (χ3n) is 5.34. The highest BCUT2D eigenvalue weighted by molar-refractivity contribution is 14.0. The molecule has 1 aliphatic heterocycles. The van der Waals surface area contributed by atoms with Gasteiger partial charge in [0.05, 0.1) is 14.2 Å². The molecule has 1 saturated heterocycles. The third-order valence-corrected chi connectivity index (χ3v) is 6.58. The van der Waals surface area contributed by atoms with Gasteiger partial charge in [0.15, 0.2) is 5.96 Å². The highest BCUT2D eigenvalue weighted by Gasteiger charge is 2.26. The molecule has 0 saturated carbocycles. The number of guanidine groups is 1. The van der Waals surface area contributed by atoms with E-state index in [2.05, 4.69) is 64.0 Å². The van der Waals surface area contributed by atoms with E-state index in [0.29, 0.717) is 6.04 Å². The maximum atomic E-state index is 5.41. The number of hydrogen-bond donors (Lipinski definition) is 2. The second kappa shape index (κ2) is 11.1. The van der Waals surface area contributed by atoms with Crippen LogP contribution in [0.25, 0.3) is 0 Å². The lowest BCUT2D eigenvalue weighted by Gasteiger charge is -2.26. The summed E-state index contributed by atoms with van der Waals surface area (Å²) in [5, 5.41) is 9.21. The first-order valence-corrected chi connectivity index (χ1v) is 10.8. The van der Waals surface area contributed by atoms with Crippen LogP contribution in [0.3, 0.4) is 0 Å². The van der Waals surface area contributed by atoms with Gasteiger partial charge in [-0.15, -0.1) is 35.3 Å². The number of halogens is 1. The van der Waals surface area contributed by atoms with E-state index in [1.54, 1.807) is 25.6 Å². The summed E-state index contributed by atoms with van der Waals surface area (Å²) >= 11 is 1.80. The Balaban J connectivity index is 0.00000320. The zero-order valence-electron chi connectivity index (χ0n) is 18.4. The average Bonchev–Trinajstić information content (AvgIpc) is 3.43. The lowest BCUT2D eigenvalue weighted by molar-refractivity contribution is 0.394. The van der Waals surface area contributed by atoms with E-state index in [1.165, 1.54) is 4.88 Å². The normalized spacial score (nSPS) is 16.8. The van der Waals surface area contributed by atoms with E-state index in [4.69, 9.17) is 9.47 Å². The Labute approximate surface area is 201 Å². The lowest BCUT2D eigenvalue weighted by Crippen LogP contribution is -2.47. The number of rotatable bonds is 7. The minimum Gasteiger partial charge on any atom is -0.497 e. The zero-order valence-corrected chi connectivity index (χ0v) is 21.5. The van der Waals surface area contributed by atoms with Crippen LogP contribution >= 0.6 is 35.3 Å². The Hall–Kier alpha value is -1.68. The number of methoxy groups -OCH3 is 2. The number of benzene rings is 1. The summed E-state index contributed by atoms with van der Waals surface area (Å²) in [6.45, 7) is 7.23. The molecule has 30 heavy (non-hydrogen) atoms. The molecular formula is C22H33IN4O2S. The van der Waals surface area contributed by atoms with Gasteiger partial charge in [-0.1, -0.05) is 19.9 Å². The number of aliphatic imine (C=N–C) groups is 1. The quantitative estimate of drug-likeness (QED) is 0.312. The second-order valence-corrected chi connectivity index (χ2v) is 8.88. The van der Waals surface area contributed by atoms with Gasteiger partial charge in [0.2, 0.25) is 0 Å². The maximum Gasteiger partial charge on any atom is 0.191 e. The Bertz CT molecular complexity index is 804. The Morgan fingerprint density at radius 1 is 1.23 bits per heavy atom. The first-order chi connectivity index (χ1) is 13.9. The molecule has 0 radical (unpaired) electrons. The van der Waals surface area contributed by atoms with Crippen molar-refractivity contribution >= 4 is 47.0 Å². The molecule has 0 aliphatic carbocycles.